The van der Waals surface area contributed by atoms with Gasteiger partial charge in [0, 0.05) is 43.9 Å². The second-order valence-electron chi connectivity index (χ2n) is 10.3. The summed E-state index contributed by atoms with van der Waals surface area (Å²) in [4.78, 5) is 45.3. The van der Waals surface area contributed by atoms with Gasteiger partial charge in [0.15, 0.2) is 5.78 Å². The normalized spacial score (nSPS) is 16.8. The van der Waals surface area contributed by atoms with Crippen molar-refractivity contribution >= 4 is 50.8 Å². The monoisotopic (exact) mass is 560 g/mol. The molecule has 208 valence electrons. The summed E-state index contributed by atoms with van der Waals surface area (Å²) in [7, 11) is 1.57. The van der Waals surface area contributed by atoms with Gasteiger partial charge < -0.3 is 10.6 Å². The molecule has 0 radical (unpaired) electrons. The Hall–Kier alpha value is -2.29. The maximum Gasteiger partial charge on any atom is 0.224 e. The van der Waals surface area contributed by atoms with Crippen LogP contribution in [-0.2, 0) is 20.8 Å². The van der Waals surface area contributed by atoms with Gasteiger partial charge in [0.2, 0.25) is 11.8 Å². The fraction of sp³-hybridized carbons (Fsp3) is 0.586. The number of allylic oxidation sites excluding steroid dienone is 1. The Morgan fingerprint density at radius 2 is 1.97 bits per heavy atom. The fourth-order valence-corrected chi connectivity index (χ4v) is 6.09. The zero-order valence-electron chi connectivity index (χ0n) is 22.8. The number of fused-ring (bicyclic) bond motifs is 1. The molecule has 1 aromatic heterocycles. The molecule has 7 nitrogen and oxygen atoms in total. The van der Waals surface area contributed by atoms with Crippen LogP contribution in [0, 0.1) is 11.8 Å². The molecule has 0 saturated carbocycles. The average Bonchev–Trinajstić information content (AvgIpc) is 3.31. The van der Waals surface area contributed by atoms with Crippen molar-refractivity contribution in [1.29, 1.82) is 0 Å². The lowest BCUT2D eigenvalue weighted by molar-refractivity contribution is -0.131. The van der Waals surface area contributed by atoms with Crippen molar-refractivity contribution in [1.82, 2.24) is 20.5 Å². The van der Waals surface area contributed by atoms with Crippen LogP contribution < -0.4 is 10.6 Å². The molecule has 0 unspecified atom stereocenters. The Bertz CT molecular complexity index is 1110. The SMILES string of the molecule is CC[C@H](C)[C@@H](CCC(=O)/C=C/CN1CCCCC1)NC(=O)[C@@H](CC(=O)NC)Cc1nc2ccc(Cl)cc2s1. The number of ketones is 1. The summed E-state index contributed by atoms with van der Waals surface area (Å²) >= 11 is 7.61. The predicted molar refractivity (Wildman–Crippen MR) is 156 cm³/mol. The molecule has 0 spiro atoms. The number of thiazole rings is 1. The van der Waals surface area contributed by atoms with Gasteiger partial charge in [-0.15, -0.1) is 11.3 Å². The Labute approximate surface area is 235 Å². The average molecular weight is 561 g/mol. The molecule has 1 aromatic carbocycles. The molecule has 3 atom stereocenters. The minimum absolute atomic E-state index is 0.0738. The third-order valence-corrected chi connectivity index (χ3v) is 8.65. The summed E-state index contributed by atoms with van der Waals surface area (Å²) in [5, 5.41) is 7.24. The highest BCUT2D eigenvalue weighted by molar-refractivity contribution is 7.18. The fourth-order valence-electron chi connectivity index (χ4n) is 4.77. The number of piperidine rings is 1. The molecule has 2 amide bonds. The van der Waals surface area contributed by atoms with E-state index >= 15 is 0 Å². The number of benzene rings is 1. The van der Waals surface area contributed by atoms with E-state index in [-0.39, 0.29) is 36.0 Å². The van der Waals surface area contributed by atoms with Crippen molar-refractivity contribution in [2.24, 2.45) is 11.8 Å². The zero-order valence-corrected chi connectivity index (χ0v) is 24.4. The third-order valence-electron chi connectivity index (χ3n) is 7.37. The molecule has 1 saturated heterocycles. The number of amides is 2. The van der Waals surface area contributed by atoms with Crippen LogP contribution in [0.2, 0.25) is 5.02 Å². The predicted octanol–water partition coefficient (Wildman–Crippen LogP) is 5.17. The maximum atomic E-state index is 13.5. The first-order chi connectivity index (χ1) is 18.3. The van der Waals surface area contributed by atoms with Gasteiger partial charge in [0.05, 0.1) is 21.1 Å². The second kappa shape index (κ2) is 15.3. The van der Waals surface area contributed by atoms with E-state index < -0.39 is 5.92 Å². The number of carbonyl (C=O) groups excluding carboxylic acids is 3. The van der Waals surface area contributed by atoms with Crippen LogP contribution in [0.3, 0.4) is 0 Å². The van der Waals surface area contributed by atoms with E-state index in [9.17, 15) is 14.4 Å². The van der Waals surface area contributed by atoms with Gasteiger partial charge in [0.25, 0.3) is 0 Å². The number of aromatic nitrogens is 1. The van der Waals surface area contributed by atoms with E-state index in [4.69, 9.17) is 11.6 Å². The first-order valence-electron chi connectivity index (χ1n) is 13.8. The molecule has 2 aromatic rings. The molecule has 1 aliphatic rings. The molecule has 38 heavy (non-hydrogen) atoms. The van der Waals surface area contributed by atoms with Crippen molar-refractivity contribution in [3.8, 4) is 0 Å². The summed E-state index contributed by atoms with van der Waals surface area (Å²) < 4.78 is 0.955. The highest BCUT2D eigenvalue weighted by Gasteiger charge is 2.27. The Kier molecular flexibility index (Phi) is 12.2. The van der Waals surface area contributed by atoms with E-state index in [0.717, 1.165) is 41.3 Å². The van der Waals surface area contributed by atoms with Crippen LogP contribution >= 0.6 is 22.9 Å². The van der Waals surface area contributed by atoms with Gasteiger partial charge in [0.1, 0.15) is 0 Å². The summed E-state index contributed by atoms with van der Waals surface area (Å²) in [6.45, 7) is 7.19. The highest BCUT2D eigenvalue weighted by Crippen LogP contribution is 2.28. The first-order valence-corrected chi connectivity index (χ1v) is 15.0. The zero-order chi connectivity index (χ0) is 27.5. The number of carbonyl (C=O) groups is 3. The second-order valence-corrected chi connectivity index (χ2v) is 11.8. The van der Waals surface area contributed by atoms with Gasteiger partial charge in [-0.2, -0.15) is 0 Å². The number of rotatable bonds is 14. The molecule has 0 bridgehead atoms. The minimum atomic E-state index is -0.558. The van der Waals surface area contributed by atoms with Crippen molar-refractivity contribution < 1.29 is 14.4 Å². The summed E-state index contributed by atoms with van der Waals surface area (Å²) in [6, 6.07) is 5.38. The van der Waals surface area contributed by atoms with Gasteiger partial charge in [-0.25, -0.2) is 4.98 Å². The molecule has 0 aliphatic carbocycles. The Balaban J connectivity index is 1.62. The van der Waals surface area contributed by atoms with Gasteiger partial charge in [-0.05, 0) is 62.5 Å². The highest BCUT2D eigenvalue weighted by atomic mass is 35.5. The lowest BCUT2D eigenvalue weighted by atomic mass is 9.92. The first kappa shape index (κ1) is 30.3. The van der Waals surface area contributed by atoms with Gasteiger partial charge >= 0.3 is 0 Å². The van der Waals surface area contributed by atoms with E-state index in [1.807, 2.05) is 18.2 Å². The topological polar surface area (TPSA) is 91.4 Å². The van der Waals surface area contributed by atoms with Crippen LogP contribution in [0.1, 0.15) is 63.8 Å². The van der Waals surface area contributed by atoms with E-state index in [0.29, 0.717) is 24.3 Å². The van der Waals surface area contributed by atoms with Crippen LogP contribution in [0.25, 0.3) is 10.2 Å². The van der Waals surface area contributed by atoms with Crippen LogP contribution in [0.5, 0.6) is 0 Å². The van der Waals surface area contributed by atoms with Crippen LogP contribution in [0.4, 0.5) is 0 Å². The lowest BCUT2D eigenvalue weighted by Crippen LogP contribution is -2.44. The van der Waals surface area contributed by atoms with E-state index in [2.05, 4.69) is 34.4 Å². The number of hydrogen-bond donors (Lipinski definition) is 2. The van der Waals surface area contributed by atoms with Gasteiger partial charge in [-0.3, -0.25) is 19.3 Å². The van der Waals surface area contributed by atoms with Crippen LogP contribution in [-0.4, -0.2) is 60.2 Å². The van der Waals surface area contributed by atoms with Gasteiger partial charge in [-0.1, -0.05) is 44.4 Å². The maximum absolute atomic E-state index is 13.5. The number of nitrogens with one attached hydrogen (secondary N) is 2. The Morgan fingerprint density at radius 3 is 2.68 bits per heavy atom. The van der Waals surface area contributed by atoms with E-state index in [1.165, 1.54) is 30.6 Å². The molecular formula is C29H41ClN4O3S. The molecule has 9 heteroatoms. The van der Waals surface area contributed by atoms with E-state index in [1.54, 1.807) is 19.2 Å². The smallest absolute Gasteiger partial charge is 0.224 e. The molecule has 3 rings (SSSR count). The number of nitrogens with zero attached hydrogens (tertiary/aromatic N) is 2. The van der Waals surface area contributed by atoms with Crippen molar-refractivity contribution in [3.05, 3.63) is 40.4 Å². The quantitative estimate of drug-likeness (QED) is 0.311. The van der Waals surface area contributed by atoms with Crippen molar-refractivity contribution in [2.45, 2.75) is 71.3 Å². The number of hydrogen-bond acceptors (Lipinski definition) is 6. The number of likely N-dealkylation sites (tertiary alicyclic amines) is 1. The number of halogens is 1. The lowest BCUT2D eigenvalue weighted by Gasteiger charge is -2.26. The Morgan fingerprint density at radius 1 is 1.21 bits per heavy atom. The minimum Gasteiger partial charge on any atom is -0.359 e. The molecule has 1 fully saturated rings. The van der Waals surface area contributed by atoms with Crippen molar-refractivity contribution in [2.75, 3.05) is 26.7 Å². The molecule has 2 N–H and O–H groups in total. The van der Waals surface area contributed by atoms with Crippen LogP contribution in [0.15, 0.2) is 30.4 Å². The summed E-state index contributed by atoms with van der Waals surface area (Å²) in [6.07, 6.45) is 9.67. The van der Waals surface area contributed by atoms with Crippen molar-refractivity contribution in [3.63, 3.8) is 0 Å². The largest absolute Gasteiger partial charge is 0.359 e. The molecular weight excluding hydrogens is 520 g/mol. The molecule has 2 heterocycles. The summed E-state index contributed by atoms with van der Waals surface area (Å²) in [5.41, 5.74) is 0.831. The third kappa shape index (κ3) is 9.47. The summed E-state index contributed by atoms with van der Waals surface area (Å²) in [5.74, 6) is -0.640. The molecule has 1 aliphatic heterocycles. The standard InChI is InChI=1S/C29H41ClN4O3S/c1-4-20(2)24(13-11-23(35)9-8-16-34-14-6-5-7-15-34)33-29(37)21(17-27(36)31-3)18-28-32-25-12-10-22(30)19-26(25)38-28/h8-10,12,19-21,24H,4-7,11,13-18H2,1-3H3,(H,31,36)(H,33,37)/b9-8+/t20-,21-,24+/m0/s1.